The molecule has 1 aliphatic rings. The molecule has 0 bridgehead atoms. The van der Waals surface area contributed by atoms with Crippen LogP contribution in [0.15, 0.2) is 36.8 Å². The fourth-order valence-corrected chi connectivity index (χ4v) is 3.53. The second-order valence-electron chi connectivity index (χ2n) is 4.85. The molecule has 1 saturated heterocycles. The van der Waals surface area contributed by atoms with Gasteiger partial charge in [-0.05, 0) is 12.8 Å². The fourth-order valence-electron chi connectivity index (χ4n) is 2.19. The second-order valence-corrected chi connectivity index (χ2v) is 6.68. The zero-order valence-electron chi connectivity index (χ0n) is 12.3. The molecule has 0 spiro atoms. The van der Waals surface area contributed by atoms with Crippen molar-refractivity contribution in [2.75, 3.05) is 26.2 Å². The molecule has 9 heteroatoms. The van der Waals surface area contributed by atoms with E-state index in [1.54, 1.807) is 12.2 Å². The van der Waals surface area contributed by atoms with Gasteiger partial charge in [0.2, 0.25) is 0 Å². The van der Waals surface area contributed by atoms with Crippen LogP contribution >= 0.6 is 0 Å². The van der Waals surface area contributed by atoms with Crippen LogP contribution in [-0.4, -0.2) is 64.6 Å². The second kappa shape index (κ2) is 6.84. The molecule has 0 radical (unpaired) electrons. The SMILES string of the molecule is C=CCN(CC=C)C(=O)n1cnc(S(=O)(=O)N2CCCC2)n1. The van der Waals surface area contributed by atoms with E-state index in [1.807, 2.05) is 0 Å². The Morgan fingerprint density at radius 3 is 2.41 bits per heavy atom. The van der Waals surface area contributed by atoms with Crippen LogP contribution in [0, 0.1) is 0 Å². The highest BCUT2D eigenvalue weighted by Gasteiger charge is 2.31. The molecule has 1 aliphatic heterocycles. The van der Waals surface area contributed by atoms with Crippen molar-refractivity contribution in [2.24, 2.45) is 0 Å². The van der Waals surface area contributed by atoms with Gasteiger partial charge in [0.1, 0.15) is 6.33 Å². The normalized spacial score (nSPS) is 15.6. The Kier molecular flexibility index (Phi) is 5.09. The number of aromatic nitrogens is 3. The maximum Gasteiger partial charge on any atom is 0.346 e. The molecule has 22 heavy (non-hydrogen) atoms. The largest absolute Gasteiger partial charge is 0.346 e. The van der Waals surface area contributed by atoms with Gasteiger partial charge in [-0.2, -0.15) is 8.99 Å². The summed E-state index contributed by atoms with van der Waals surface area (Å²) in [4.78, 5) is 17.5. The molecule has 0 aliphatic carbocycles. The van der Waals surface area contributed by atoms with Crippen LogP contribution < -0.4 is 0 Å². The average molecular weight is 325 g/mol. The Balaban J connectivity index is 2.21. The van der Waals surface area contributed by atoms with Crippen molar-refractivity contribution in [3.05, 3.63) is 31.6 Å². The van der Waals surface area contributed by atoms with Crippen molar-refractivity contribution in [3.8, 4) is 0 Å². The first-order valence-electron chi connectivity index (χ1n) is 6.93. The van der Waals surface area contributed by atoms with Crippen molar-refractivity contribution in [2.45, 2.75) is 18.0 Å². The lowest BCUT2D eigenvalue weighted by Gasteiger charge is -2.18. The molecule has 0 N–H and O–H groups in total. The first-order chi connectivity index (χ1) is 10.5. The molecule has 1 amide bonds. The fraction of sp³-hybridized carbons (Fsp3) is 0.462. The monoisotopic (exact) mass is 325 g/mol. The molecule has 1 aromatic rings. The number of hydrogen-bond acceptors (Lipinski definition) is 5. The van der Waals surface area contributed by atoms with E-state index in [0.29, 0.717) is 26.2 Å². The van der Waals surface area contributed by atoms with Crippen molar-refractivity contribution in [1.82, 2.24) is 24.0 Å². The van der Waals surface area contributed by atoms with Gasteiger partial charge in [0, 0.05) is 26.2 Å². The lowest BCUT2D eigenvalue weighted by molar-refractivity contribution is 0.206. The van der Waals surface area contributed by atoms with Gasteiger partial charge in [0.05, 0.1) is 0 Å². The Bertz CT molecular complexity index is 651. The van der Waals surface area contributed by atoms with E-state index in [2.05, 4.69) is 23.2 Å². The van der Waals surface area contributed by atoms with Gasteiger partial charge in [-0.15, -0.1) is 18.3 Å². The average Bonchev–Trinajstić information content (AvgIpc) is 3.17. The van der Waals surface area contributed by atoms with E-state index in [9.17, 15) is 13.2 Å². The van der Waals surface area contributed by atoms with Crippen LogP contribution in [0.25, 0.3) is 0 Å². The Morgan fingerprint density at radius 1 is 1.27 bits per heavy atom. The van der Waals surface area contributed by atoms with Gasteiger partial charge in [-0.3, -0.25) is 0 Å². The summed E-state index contributed by atoms with van der Waals surface area (Å²) in [5.41, 5.74) is 0. The summed E-state index contributed by atoms with van der Waals surface area (Å²) in [6.45, 7) is 8.69. The molecule has 0 aromatic carbocycles. The van der Waals surface area contributed by atoms with Crippen molar-refractivity contribution >= 4 is 16.1 Å². The summed E-state index contributed by atoms with van der Waals surface area (Å²) < 4.78 is 26.9. The maximum absolute atomic E-state index is 12.3. The van der Waals surface area contributed by atoms with E-state index in [-0.39, 0.29) is 5.16 Å². The van der Waals surface area contributed by atoms with E-state index >= 15 is 0 Å². The molecule has 1 aromatic heterocycles. The van der Waals surface area contributed by atoms with Crippen LogP contribution in [0.4, 0.5) is 4.79 Å². The lowest BCUT2D eigenvalue weighted by Crippen LogP contribution is -2.35. The van der Waals surface area contributed by atoms with E-state index < -0.39 is 16.1 Å². The van der Waals surface area contributed by atoms with Crippen LogP contribution in [0.3, 0.4) is 0 Å². The number of nitrogens with zero attached hydrogens (tertiary/aromatic N) is 5. The van der Waals surface area contributed by atoms with Crippen LogP contribution in [0.5, 0.6) is 0 Å². The molecule has 8 nitrogen and oxygen atoms in total. The van der Waals surface area contributed by atoms with Crippen LogP contribution in [-0.2, 0) is 10.0 Å². The van der Waals surface area contributed by atoms with Crippen LogP contribution in [0.2, 0.25) is 0 Å². The minimum absolute atomic E-state index is 0.304. The third-order valence-electron chi connectivity index (χ3n) is 3.27. The van der Waals surface area contributed by atoms with Gasteiger partial charge in [-0.1, -0.05) is 12.2 Å². The topological polar surface area (TPSA) is 88.4 Å². The maximum atomic E-state index is 12.3. The molecule has 1 fully saturated rings. The van der Waals surface area contributed by atoms with Gasteiger partial charge in [0.15, 0.2) is 0 Å². The molecule has 0 atom stereocenters. The Morgan fingerprint density at radius 2 is 1.86 bits per heavy atom. The third kappa shape index (κ3) is 3.25. The first-order valence-corrected chi connectivity index (χ1v) is 8.37. The number of carbonyl (C=O) groups excluding carboxylic acids is 1. The van der Waals surface area contributed by atoms with Crippen molar-refractivity contribution in [3.63, 3.8) is 0 Å². The summed E-state index contributed by atoms with van der Waals surface area (Å²) in [6.07, 6.45) is 5.90. The van der Waals surface area contributed by atoms with Crippen molar-refractivity contribution in [1.29, 1.82) is 0 Å². The zero-order valence-corrected chi connectivity index (χ0v) is 13.1. The molecular weight excluding hydrogens is 306 g/mol. The summed E-state index contributed by atoms with van der Waals surface area (Å²) in [6, 6.07) is -0.477. The van der Waals surface area contributed by atoms with Gasteiger partial charge in [0.25, 0.3) is 15.2 Å². The minimum atomic E-state index is -3.72. The summed E-state index contributed by atoms with van der Waals surface area (Å²) in [5, 5.41) is 3.48. The minimum Gasteiger partial charge on any atom is -0.315 e. The molecule has 0 unspecified atom stereocenters. The van der Waals surface area contributed by atoms with Gasteiger partial charge >= 0.3 is 6.03 Å². The number of carbonyl (C=O) groups is 1. The smallest absolute Gasteiger partial charge is 0.315 e. The van der Waals surface area contributed by atoms with E-state index in [4.69, 9.17) is 0 Å². The Hall–Kier alpha value is -2.00. The summed E-state index contributed by atoms with van der Waals surface area (Å²) in [5.74, 6) is 0. The Labute approximate surface area is 129 Å². The highest BCUT2D eigenvalue weighted by Crippen LogP contribution is 2.17. The number of amides is 1. The summed E-state index contributed by atoms with van der Waals surface area (Å²) in [7, 11) is -3.72. The predicted octanol–water partition coefficient (Wildman–Crippen LogP) is 0.705. The zero-order chi connectivity index (χ0) is 16.2. The molecule has 2 heterocycles. The molecular formula is C13H19N5O3S. The summed E-state index contributed by atoms with van der Waals surface area (Å²) >= 11 is 0. The van der Waals surface area contributed by atoms with E-state index in [0.717, 1.165) is 23.9 Å². The lowest BCUT2D eigenvalue weighted by atomic mass is 10.4. The predicted molar refractivity (Wildman–Crippen MR) is 80.8 cm³/mol. The first kappa shape index (κ1) is 16.4. The highest BCUT2D eigenvalue weighted by atomic mass is 32.2. The number of hydrogen-bond donors (Lipinski definition) is 0. The number of rotatable bonds is 6. The third-order valence-corrected chi connectivity index (χ3v) is 4.97. The quantitative estimate of drug-likeness (QED) is 0.719. The number of sulfonamides is 1. The standard InChI is InChI=1S/C13H19N5O3S/c1-3-7-16(8-4-2)13(19)18-11-14-12(15-18)22(20,21)17-9-5-6-10-17/h3-4,11H,1-2,5-10H2. The molecule has 120 valence electrons. The highest BCUT2D eigenvalue weighted by molar-refractivity contribution is 7.88. The molecule has 2 rings (SSSR count). The van der Waals surface area contributed by atoms with Gasteiger partial charge < -0.3 is 4.90 Å². The van der Waals surface area contributed by atoms with Crippen LogP contribution in [0.1, 0.15) is 12.8 Å². The van der Waals surface area contributed by atoms with Gasteiger partial charge in [-0.25, -0.2) is 18.2 Å². The van der Waals surface area contributed by atoms with Crippen molar-refractivity contribution < 1.29 is 13.2 Å². The molecule has 0 saturated carbocycles. The van der Waals surface area contributed by atoms with E-state index in [1.165, 1.54) is 9.21 Å².